The molecule has 0 spiro atoms. The Labute approximate surface area is 120 Å². The first-order valence-corrected chi connectivity index (χ1v) is 5.93. The number of phenolic OH excluding ortho intramolecular Hbond substituents is 2. The summed E-state index contributed by atoms with van der Waals surface area (Å²) >= 11 is 0. The number of phenols is 2. The summed E-state index contributed by atoms with van der Waals surface area (Å²) in [7, 11) is 0. The SMILES string of the molecule is Cl.Oc1ccc([C@@H](N2CCNCC2)C(F)(F)F)c(O)c1. The van der Waals surface area contributed by atoms with E-state index in [0.29, 0.717) is 13.1 Å². The Bertz CT molecular complexity index is 451. The maximum Gasteiger partial charge on any atom is 0.408 e. The number of hydrogen-bond donors (Lipinski definition) is 3. The van der Waals surface area contributed by atoms with Crippen molar-refractivity contribution in [2.24, 2.45) is 0 Å². The summed E-state index contributed by atoms with van der Waals surface area (Å²) in [4.78, 5) is 1.28. The van der Waals surface area contributed by atoms with Gasteiger partial charge in [0, 0.05) is 37.8 Å². The van der Waals surface area contributed by atoms with Crippen LogP contribution in [-0.4, -0.2) is 47.5 Å². The highest BCUT2D eigenvalue weighted by Crippen LogP contribution is 2.42. The molecule has 1 atom stereocenters. The Morgan fingerprint density at radius 1 is 1.15 bits per heavy atom. The molecule has 8 heteroatoms. The monoisotopic (exact) mass is 312 g/mol. The summed E-state index contributed by atoms with van der Waals surface area (Å²) in [6.07, 6.45) is -4.48. The minimum atomic E-state index is -4.48. The van der Waals surface area contributed by atoms with Gasteiger partial charge in [0.05, 0.1) is 0 Å². The predicted octanol–water partition coefficient (Wildman–Crippen LogP) is 2.03. The van der Waals surface area contributed by atoms with Crippen molar-refractivity contribution in [2.45, 2.75) is 12.2 Å². The molecule has 0 amide bonds. The molecule has 0 unspecified atom stereocenters. The van der Waals surface area contributed by atoms with Gasteiger partial charge in [-0.05, 0) is 12.1 Å². The van der Waals surface area contributed by atoms with Crippen molar-refractivity contribution < 1.29 is 23.4 Å². The number of rotatable bonds is 2. The number of hydrogen-bond acceptors (Lipinski definition) is 4. The molecule has 1 aromatic carbocycles. The summed E-state index contributed by atoms with van der Waals surface area (Å²) in [5.41, 5.74) is -0.229. The lowest BCUT2D eigenvalue weighted by atomic mass is 10.0. The highest BCUT2D eigenvalue weighted by atomic mass is 35.5. The van der Waals surface area contributed by atoms with Crippen LogP contribution in [0, 0.1) is 0 Å². The van der Waals surface area contributed by atoms with E-state index in [1.165, 1.54) is 4.90 Å². The van der Waals surface area contributed by atoms with Crippen LogP contribution < -0.4 is 5.32 Å². The summed E-state index contributed by atoms with van der Waals surface area (Å²) < 4.78 is 39.7. The van der Waals surface area contributed by atoms with Crippen molar-refractivity contribution >= 4 is 12.4 Å². The van der Waals surface area contributed by atoms with E-state index >= 15 is 0 Å². The molecule has 0 bridgehead atoms. The van der Waals surface area contributed by atoms with Gasteiger partial charge in [0.25, 0.3) is 0 Å². The number of alkyl halides is 3. The van der Waals surface area contributed by atoms with E-state index in [1.54, 1.807) is 0 Å². The van der Waals surface area contributed by atoms with Crippen LogP contribution in [0.1, 0.15) is 11.6 Å². The summed E-state index contributed by atoms with van der Waals surface area (Å²) in [6.45, 7) is 1.46. The average Bonchev–Trinajstić information content (AvgIpc) is 2.32. The molecule has 0 saturated carbocycles. The van der Waals surface area contributed by atoms with E-state index in [9.17, 15) is 18.3 Å². The zero-order valence-electron chi connectivity index (χ0n) is 10.5. The topological polar surface area (TPSA) is 55.7 Å². The third kappa shape index (κ3) is 3.68. The molecule has 1 saturated heterocycles. The predicted molar refractivity (Wildman–Crippen MR) is 70.3 cm³/mol. The Hall–Kier alpha value is -1.18. The van der Waals surface area contributed by atoms with Gasteiger partial charge < -0.3 is 15.5 Å². The molecule has 1 fully saturated rings. The Balaban J connectivity index is 0.00000200. The van der Waals surface area contributed by atoms with Crippen LogP contribution >= 0.6 is 12.4 Å². The third-order valence-electron chi connectivity index (χ3n) is 3.14. The van der Waals surface area contributed by atoms with Gasteiger partial charge in [-0.3, -0.25) is 4.90 Å². The second-order valence-electron chi connectivity index (χ2n) is 4.47. The van der Waals surface area contributed by atoms with E-state index in [-0.39, 0.29) is 36.8 Å². The molecule has 2 rings (SSSR count). The smallest absolute Gasteiger partial charge is 0.408 e. The molecular weight excluding hydrogens is 297 g/mol. The lowest BCUT2D eigenvalue weighted by Crippen LogP contribution is -2.49. The van der Waals surface area contributed by atoms with Crippen molar-refractivity contribution in [2.75, 3.05) is 26.2 Å². The van der Waals surface area contributed by atoms with Gasteiger partial charge in [0.15, 0.2) is 0 Å². The standard InChI is InChI=1S/C12H15F3N2O2.ClH/c13-12(14,15)11(17-5-3-16-4-6-17)9-2-1-8(18)7-10(9)19;/h1-2,7,11,16,18-19H,3-6H2;1H/t11-;/m1./s1. The van der Waals surface area contributed by atoms with Crippen molar-refractivity contribution in [3.63, 3.8) is 0 Å². The van der Waals surface area contributed by atoms with Crippen molar-refractivity contribution in [3.05, 3.63) is 23.8 Å². The fourth-order valence-corrected chi connectivity index (χ4v) is 2.28. The Morgan fingerprint density at radius 3 is 2.25 bits per heavy atom. The fourth-order valence-electron chi connectivity index (χ4n) is 2.28. The van der Waals surface area contributed by atoms with Crippen LogP contribution in [0.15, 0.2) is 18.2 Å². The quantitative estimate of drug-likeness (QED) is 0.782. The van der Waals surface area contributed by atoms with Gasteiger partial charge in [-0.2, -0.15) is 13.2 Å². The van der Waals surface area contributed by atoms with E-state index in [0.717, 1.165) is 18.2 Å². The van der Waals surface area contributed by atoms with Crippen molar-refractivity contribution in [1.29, 1.82) is 0 Å². The van der Waals surface area contributed by atoms with Gasteiger partial charge in [-0.1, -0.05) is 0 Å². The first kappa shape index (κ1) is 16.9. The molecule has 0 aromatic heterocycles. The number of halogens is 4. The molecule has 0 radical (unpaired) electrons. The average molecular weight is 313 g/mol. The number of nitrogens with one attached hydrogen (secondary N) is 1. The van der Waals surface area contributed by atoms with E-state index in [1.807, 2.05) is 0 Å². The second-order valence-corrected chi connectivity index (χ2v) is 4.47. The van der Waals surface area contributed by atoms with Crippen LogP contribution in [-0.2, 0) is 0 Å². The lowest BCUT2D eigenvalue weighted by Gasteiger charge is -2.36. The first-order chi connectivity index (χ1) is 8.89. The Kier molecular flexibility index (Phi) is 5.50. The summed E-state index contributed by atoms with van der Waals surface area (Å²) in [6, 6.07) is 1.34. The van der Waals surface area contributed by atoms with Gasteiger partial charge in [-0.25, -0.2) is 0 Å². The van der Waals surface area contributed by atoms with Crippen LogP contribution in [0.4, 0.5) is 13.2 Å². The minimum absolute atomic E-state index is 0. The summed E-state index contributed by atoms with van der Waals surface area (Å²) in [5, 5.41) is 21.8. The molecule has 1 aliphatic heterocycles. The Morgan fingerprint density at radius 2 is 1.75 bits per heavy atom. The molecule has 1 heterocycles. The van der Waals surface area contributed by atoms with Gasteiger partial charge in [0.1, 0.15) is 17.5 Å². The highest BCUT2D eigenvalue weighted by Gasteiger charge is 2.46. The zero-order chi connectivity index (χ0) is 14.0. The number of nitrogens with zero attached hydrogens (tertiary/aromatic N) is 1. The largest absolute Gasteiger partial charge is 0.508 e. The molecule has 3 N–H and O–H groups in total. The van der Waals surface area contributed by atoms with Crippen LogP contribution in [0.25, 0.3) is 0 Å². The van der Waals surface area contributed by atoms with Gasteiger partial charge in [0.2, 0.25) is 0 Å². The first-order valence-electron chi connectivity index (χ1n) is 5.93. The van der Waals surface area contributed by atoms with E-state index in [2.05, 4.69) is 5.32 Å². The van der Waals surface area contributed by atoms with Crippen LogP contribution in [0.3, 0.4) is 0 Å². The normalized spacial score (nSPS) is 18.4. The molecule has 0 aliphatic carbocycles. The highest BCUT2D eigenvalue weighted by molar-refractivity contribution is 5.85. The molecule has 20 heavy (non-hydrogen) atoms. The van der Waals surface area contributed by atoms with Gasteiger partial charge >= 0.3 is 6.18 Å². The number of benzene rings is 1. The summed E-state index contributed by atoms with van der Waals surface area (Å²) in [5.74, 6) is -0.802. The maximum atomic E-state index is 13.2. The van der Waals surface area contributed by atoms with Crippen molar-refractivity contribution in [3.8, 4) is 11.5 Å². The maximum absolute atomic E-state index is 13.2. The van der Waals surface area contributed by atoms with Crippen LogP contribution in [0.2, 0.25) is 0 Å². The molecule has 1 aromatic rings. The lowest BCUT2D eigenvalue weighted by molar-refractivity contribution is -0.188. The van der Waals surface area contributed by atoms with E-state index in [4.69, 9.17) is 5.11 Å². The molecule has 1 aliphatic rings. The number of aromatic hydroxyl groups is 2. The zero-order valence-corrected chi connectivity index (χ0v) is 11.3. The number of piperazine rings is 1. The molecule has 114 valence electrons. The minimum Gasteiger partial charge on any atom is -0.508 e. The van der Waals surface area contributed by atoms with Gasteiger partial charge in [-0.15, -0.1) is 12.4 Å². The van der Waals surface area contributed by atoms with E-state index < -0.39 is 18.0 Å². The molecular formula is C12H16ClF3N2O2. The molecule has 4 nitrogen and oxygen atoms in total. The van der Waals surface area contributed by atoms with Crippen LogP contribution in [0.5, 0.6) is 11.5 Å². The fraction of sp³-hybridized carbons (Fsp3) is 0.500. The van der Waals surface area contributed by atoms with Crippen molar-refractivity contribution in [1.82, 2.24) is 10.2 Å². The third-order valence-corrected chi connectivity index (χ3v) is 3.14. The second kappa shape index (κ2) is 6.51.